The number of rotatable bonds is 7. The summed E-state index contributed by atoms with van der Waals surface area (Å²) >= 11 is 0. The Morgan fingerprint density at radius 1 is 1.43 bits per heavy atom. The minimum absolute atomic E-state index is 0.0589. The molecule has 7 nitrogen and oxygen atoms in total. The summed E-state index contributed by atoms with van der Waals surface area (Å²) in [7, 11) is 1.73. The number of aromatic nitrogens is 2. The van der Waals surface area contributed by atoms with Gasteiger partial charge in [0, 0.05) is 51.7 Å². The molecule has 0 radical (unpaired) electrons. The molecular weight excluding hydrogens is 294 g/mol. The van der Waals surface area contributed by atoms with Crippen molar-refractivity contribution in [2.45, 2.75) is 32.4 Å². The number of piperazine rings is 1. The molecule has 1 aliphatic heterocycles. The van der Waals surface area contributed by atoms with E-state index in [1.165, 1.54) is 0 Å². The molecule has 1 amide bonds. The Bertz CT molecular complexity index is 485. The first-order valence-corrected chi connectivity index (χ1v) is 8.20. The number of carbonyl (C=O) groups is 1. The number of nitrogens with zero attached hydrogens (tertiary/aromatic N) is 4. The van der Waals surface area contributed by atoms with Crippen LogP contribution >= 0.6 is 0 Å². The summed E-state index contributed by atoms with van der Waals surface area (Å²) in [4.78, 5) is 25.2. The number of nitrogens with one attached hydrogen (secondary N) is 1. The standard InChI is InChI=1S/C16H27N5O2/c1-4-14-12-21(9-8-20(14)10-11-23-3)13(2)15(22)19-16-17-6-5-7-18-16/h5-7,13-14H,4,8-12H2,1-3H3,(H,17,18,19,22). The highest BCUT2D eigenvalue weighted by molar-refractivity contribution is 5.93. The van der Waals surface area contributed by atoms with Crippen LogP contribution in [0.15, 0.2) is 18.5 Å². The normalized spacial score (nSPS) is 21.1. The second-order valence-corrected chi connectivity index (χ2v) is 5.82. The van der Waals surface area contributed by atoms with E-state index in [1.807, 2.05) is 6.92 Å². The number of carbonyl (C=O) groups excluding carboxylic acids is 1. The van der Waals surface area contributed by atoms with Gasteiger partial charge < -0.3 is 4.74 Å². The van der Waals surface area contributed by atoms with Gasteiger partial charge in [-0.15, -0.1) is 0 Å². The molecule has 2 rings (SSSR count). The summed E-state index contributed by atoms with van der Waals surface area (Å²) in [5.41, 5.74) is 0. The summed E-state index contributed by atoms with van der Waals surface area (Å²) in [5.74, 6) is 0.298. The maximum Gasteiger partial charge on any atom is 0.243 e. The molecule has 0 aliphatic carbocycles. The average molecular weight is 321 g/mol. The molecular formula is C16H27N5O2. The van der Waals surface area contributed by atoms with Crippen LogP contribution in [0.1, 0.15) is 20.3 Å². The molecule has 128 valence electrons. The number of anilines is 1. The summed E-state index contributed by atoms with van der Waals surface area (Å²) in [6.07, 6.45) is 4.31. The van der Waals surface area contributed by atoms with Gasteiger partial charge in [-0.1, -0.05) is 6.92 Å². The average Bonchev–Trinajstić information content (AvgIpc) is 2.60. The van der Waals surface area contributed by atoms with Crippen molar-refractivity contribution in [2.24, 2.45) is 0 Å². The van der Waals surface area contributed by atoms with Gasteiger partial charge in [-0.25, -0.2) is 9.97 Å². The van der Waals surface area contributed by atoms with Crippen molar-refractivity contribution in [3.05, 3.63) is 18.5 Å². The summed E-state index contributed by atoms with van der Waals surface area (Å²) < 4.78 is 5.18. The summed E-state index contributed by atoms with van der Waals surface area (Å²) in [5, 5.41) is 2.78. The highest BCUT2D eigenvalue weighted by Gasteiger charge is 2.30. The Labute approximate surface area is 138 Å². The van der Waals surface area contributed by atoms with Gasteiger partial charge in [0.1, 0.15) is 0 Å². The Balaban J connectivity index is 1.89. The van der Waals surface area contributed by atoms with E-state index in [1.54, 1.807) is 25.6 Å². The molecule has 1 aromatic heterocycles. The van der Waals surface area contributed by atoms with E-state index in [2.05, 4.69) is 32.0 Å². The topological polar surface area (TPSA) is 70.6 Å². The lowest BCUT2D eigenvalue weighted by atomic mass is 10.1. The molecule has 0 bridgehead atoms. The summed E-state index contributed by atoms with van der Waals surface area (Å²) in [6, 6.07) is 1.99. The van der Waals surface area contributed by atoms with Crippen molar-refractivity contribution < 1.29 is 9.53 Å². The Hall–Kier alpha value is -1.57. The van der Waals surface area contributed by atoms with Crippen molar-refractivity contribution in [1.82, 2.24) is 19.8 Å². The number of ether oxygens (including phenoxy) is 1. The maximum absolute atomic E-state index is 12.4. The zero-order chi connectivity index (χ0) is 16.7. The van der Waals surface area contributed by atoms with Gasteiger partial charge in [0.25, 0.3) is 0 Å². The Morgan fingerprint density at radius 3 is 2.83 bits per heavy atom. The van der Waals surface area contributed by atoms with Gasteiger partial charge in [-0.2, -0.15) is 0 Å². The fraction of sp³-hybridized carbons (Fsp3) is 0.688. The highest BCUT2D eigenvalue weighted by Crippen LogP contribution is 2.15. The van der Waals surface area contributed by atoms with Gasteiger partial charge >= 0.3 is 0 Å². The predicted octanol–water partition coefficient (Wildman–Crippen LogP) is 0.846. The van der Waals surface area contributed by atoms with Gasteiger partial charge in [0.15, 0.2) is 0 Å². The molecule has 2 unspecified atom stereocenters. The second-order valence-electron chi connectivity index (χ2n) is 5.82. The van der Waals surface area contributed by atoms with E-state index in [-0.39, 0.29) is 11.9 Å². The molecule has 2 atom stereocenters. The van der Waals surface area contributed by atoms with Crippen LogP contribution < -0.4 is 5.32 Å². The number of hydrogen-bond acceptors (Lipinski definition) is 6. The van der Waals surface area contributed by atoms with Crippen LogP contribution in [0.4, 0.5) is 5.95 Å². The van der Waals surface area contributed by atoms with E-state index in [4.69, 9.17) is 4.74 Å². The van der Waals surface area contributed by atoms with Crippen LogP contribution in [0.25, 0.3) is 0 Å². The highest BCUT2D eigenvalue weighted by atomic mass is 16.5. The van der Waals surface area contributed by atoms with Gasteiger partial charge in [0.05, 0.1) is 12.6 Å². The zero-order valence-corrected chi connectivity index (χ0v) is 14.2. The molecule has 1 N–H and O–H groups in total. The minimum Gasteiger partial charge on any atom is -0.383 e. The third kappa shape index (κ3) is 4.95. The lowest BCUT2D eigenvalue weighted by molar-refractivity contribution is -0.122. The lowest BCUT2D eigenvalue weighted by Gasteiger charge is -2.43. The van der Waals surface area contributed by atoms with Gasteiger partial charge in [0.2, 0.25) is 11.9 Å². The fourth-order valence-corrected chi connectivity index (χ4v) is 2.90. The number of amides is 1. The van der Waals surface area contributed by atoms with Crippen LogP contribution in [-0.4, -0.2) is 77.7 Å². The van der Waals surface area contributed by atoms with Crippen molar-refractivity contribution in [1.29, 1.82) is 0 Å². The molecule has 2 heterocycles. The van der Waals surface area contributed by atoms with Crippen LogP contribution in [0.5, 0.6) is 0 Å². The first-order valence-electron chi connectivity index (χ1n) is 8.20. The molecule has 0 saturated carbocycles. The fourth-order valence-electron chi connectivity index (χ4n) is 2.90. The van der Waals surface area contributed by atoms with Crippen molar-refractivity contribution in [2.75, 3.05) is 45.2 Å². The molecule has 0 spiro atoms. The lowest BCUT2D eigenvalue weighted by Crippen LogP contribution is -2.57. The first-order chi connectivity index (χ1) is 11.2. The predicted molar refractivity (Wildman–Crippen MR) is 89.2 cm³/mol. The summed E-state index contributed by atoms with van der Waals surface area (Å²) in [6.45, 7) is 8.56. The van der Waals surface area contributed by atoms with Crippen molar-refractivity contribution in [3.63, 3.8) is 0 Å². The van der Waals surface area contributed by atoms with Crippen molar-refractivity contribution >= 4 is 11.9 Å². The van der Waals surface area contributed by atoms with E-state index in [9.17, 15) is 4.79 Å². The van der Waals surface area contributed by atoms with Crippen LogP contribution in [0, 0.1) is 0 Å². The van der Waals surface area contributed by atoms with E-state index >= 15 is 0 Å². The molecule has 1 aromatic rings. The Morgan fingerprint density at radius 2 is 2.17 bits per heavy atom. The maximum atomic E-state index is 12.4. The molecule has 1 fully saturated rings. The van der Waals surface area contributed by atoms with Gasteiger partial charge in [-0.05, 0) is 19.4 Å². The molecule has 1 saturated heterocycles. The molecule has 7 heteroatoms. The van der Waals surface area contributed by atoms with Gasteiger partial charge in [-0.3, -0.25) is 19.9 Å². The molecule has 1 aliphatic rings. The Kier molecular flexibility index (Phi) is 6.88. The monoisotopic (exact) mass is 321 g/mol. The quantitative estimate of drug-likeness (QED) is 0.803. The van der Waals surface area contributed by atoms with E-state index < -0.39 is 0 Å². The molecule has 23 heavy (non-hydrogen) atoms. The van der Waals surface area contributed by atoms with Crippen LogP contribution in [0.2, 0.25) is 0 Å². The third-order valence-electron chi connectivity index (χ3n) is 4.42. The van der Waals surface area contributed by atoms with E-state index in [0.29, 0.717) is 12.0 Å². The number of methoxy groups -OCH3 is 1. The first kappa shape index (κ1) is 17.8. The SMILES string of the molecule is CCC1CN(C(C)C(=O)Nc2ncccn2)CCN1CCOC. The molecule has 0 aromatic carbocycles. The zero-order valence-electron chi connectivity index (χ0n) is 14.2. The van der Waals surface area contributed by atoms with Crippen molar-refractivity contribution in [3.8, 4) is 0 Å². The third-order valence-corrected chi connectivity index (χ3v) is 4.42. The smallest absolute Gasteiger partial charge is 0.243 e. The second kappa shape index (κ2) is 8.90. The minimum atomic E-state index is -0.197. The largest absolute Gasteiger partial charge is 0.383 e. The van der Waals surface area contributed by atoms with Crippen LogP contribution in [0.3, 0.4) is 0 Å². The number of hydrogen-bond donors (Lipinski definition) is 1. The van der Waals surface area contributed by atoms with Crippen LogP contribution in [-0.2, 0) is 9.53 Å². The van der Waals surface area contributed by atoms with E-state index in [0.717, 1.165) is 39.2 Å².